The Bertz CT molecular complexity index is 257. The van der Waals surface area contributed by atoms with Gasteiger partial charge in [-0.25, -0.2) is 0 Å². The lowest BCUT2D eigenvalue weighted by atomic mass is 10.0. The molecule has 1 atom stereocenters. The van der Waals surface area contributed by atoms with Crippen molar-refractivity contribution < 1.29 is 0 Å². The minimum Gasteiger partial charge on any atom is -0.0991 e. The van der Waals surface area contributed by atoms with Crippen molar-refractivity contribution >= 4 is 0 Å². The molecule has 0 aromatic heterocycles. The van der Waals surface area contributed by atoms with Crippen molar-refractivity contribution in [3.8, 4) is 0 Å². The first-order chi connectivity index (χ1) is 5.84. The van der Waals surface area contributed by atoms with Crippen LogP contribution in [0.1, 0.15) is 18.4 Å². The second-order valence-electron chi connectivity index (χ2n) is 2.82. The first-order valence-electron chi connectivity index (χ1n) is 4.18. The summed E-state index contributed by atoms with van der Waals surface area (Å²) in [7, 11) is 0. The highest BCUT2D eigenvalue weighted by Crippen LogP contribution is 2.15. The number of benzene rings is 1. The molecule has 0 saturated carbocycles. The van der Waals surface area contributed by atoms with Gasteiger partial charge in [-0.1, -0.05) is 62.1 Å². The van der Waals surface area contributed by atoms with E-state index in [9.17, 15) is 0 Å². The van der Waals surface area contributed by atoms with Crippen LogP contribution in [0.3, 0.4) is 0 Å². The summed E-state index contributed by atoms with van der Waals surface area (Å²) in [4.78, 5) is 0. The Morgan fingerprint density at radius 2 is 1.92 bits per heavy atom. The van der Waals surface area contributed by atoms with Crippen LogP contribution in [0.4, 0.5) is 0 Å². The van der Waals surface area contributed by atoms with Crippen molar-refractivity contribution in [2.75, 3.05) is 0 Å². The van der Waals surface area contributed by atoms with Crippen LogP contribution in [-0.4, -0.2) is 0 Å². The quantitative estimate of drug-likeness (QED) is 0.590. The topological polar surface area (TPSA) is 0 Å². The fraction of sp³-hybridized carbons (Fsp3) is 0.167. The molecular formula is C12H14. The SMILES string of the molecule is C=C/C=C/[C@H](C)c1ccccc1. The Morgan fingerprint density at radius 1 is 1.25 bits per heavy atom. The van der Waals surface area contributed by atoms with Crippen molar-refractivity contribution in [2.24, 2.45) is 0 Å². The standard InChI is InChI=1S/C12H14/c1-3-4-8-11(2)12-9-6-5-7-10-12/h3-11H,1H2,2H3/b8-4+/t11-/m0/s1. The average Bonchev–Trinajstić information content (AvgIpc) is 2.15. The van der Waals surface area contributed by atoms with E-state index in [2.05, 4.69) is 43.8 Å². The van der Waals surface area contributed by atoms with Crippen LogP contribution in [0, 0.1) is 0 Å². The third kappa shape index (κ3) is 2.39. The van der Waals surface area contributed by atoms with E-state index in [4.69, 9.17) is 0 Å². The van der Waals surface area contributed by atoms with Gasteiger partial charge in [0.25, 0.3) is 0 Å². The Morgan fingerprint density at radius 3 is 2.50 bits per heavy atom. The molecule has 1 aromatic rings. The van der Waals surface area contributed by atoms with Crippen molar-refractivity contribution in [3.05, 3.63) is 60.7 Å². The van der Waals surface area contributed by atoms with Crippen molar-refractivity contribution in [2.45, 2.75) is 12.8 Å². The van der Waals surface area contributed by atoms with Crippen LogP contribution in [0.5, 0.6) is 0 Å². The molecule has 12 heavy (non-hydrogen) atoms. The Balaban J connectivity index is 2.71. The Hall–Kier alpha value is -1.30. The highest BCUT2D eigenvalue weighted by atomic mass is 14.0. The van der Waals surface area contributed by atoms with E-state index in [0.717, 1.165) is 0 Å². The van der Waals surface area contributed by atoms with Gasteiger partial charge in [-0.15, -0.1) is 0 Å². The second-order valence-corrected chi connectivity index (χ2v) is 2.82. The maximum absolute atomic E-state index is 3.64. The Kier molecular flexibility index (Phi) is 3.34. The maximum Gasteiger partial charge on any atom is -0.000732 e. The lowest BCUT2D eigenvalue weighted by Gasteiger charge is -2.04. The molecule has 0 nitrogen and oxygen atoms in total. The van der Waals surface area contributed by atoms with E-state index in [-0.39, 0.29) is 0 Å². The number of hydrogen-bond acceptors (Lipinski definition) is 0. The molecule has 0 radical (unpaired) electrons. The normalized spacial score (nSPS) is 13.1. The Labute approximate surface area is 74.2 Å². The maximum atomic E-state index is 3.64. The van der Waals surface area contributed by atoms with Crippen molar-refractivity contribution in [3.63, 3.8) is 0 Å². The number of hydrogen-bond donors (Lipinski definition) is 0. The molecule has 0 aliphatic carbocycles. The summed E-state index contributed by atoms with van der Waals surface area (Å²) in [6.07, 6.45) is 5.93. The third-order valence-electron chi connectivity index (χ3n) is 1.86. The molecule has 1 rings (SSSR count). The van der Waals surface area contributed by atoms with Crippen molar-refractivity contribution in [1.29, 1.82) is 0 Å². The molecule has 0 fully saturated rings. The predicted octanol–water partition coefficient (Wildman–Crippen LogP) is 3.53. The van der Waals surface area contributed by atoms with Crippen molar-refractivity contribution in [1.82, 2.24) is 0 Å². The number of allylic oxidation sites excluding steroid dienone is 3. The van der Waals surface area contributed by atoms with E-state index < -0.39 is 0 Å². The molecule has 0 bridgehead atoms. The van der Waals surface area contributed by atoms with Gasteiger partial charge in [-0.3, -0.25) is 0 Å². The van der Waals surface area contributed by atoms with Gasteiger partial charge in [0.2, 0.25) is 0 Å². The molecule has 0 heteroatoms. The van der Waals surface area contributed by atoms with Crippen LogP contribution >= 0.6 is 0 Å². The van der Waals surface area contributed by atoms with Crippen LogP contribution in [0.2, 0.25) is 0 Å². The lowest BCUT2D eigenvalue weighted by molar-refractivity contribution is 0.968. The molecule has 0 aliphatic rings. The lowest BCUT2D eigenvalue weighted by Crippen LogP contribution is -1.86. The molecule has 62 valence electrons. The molecule has 0 spiro atoms. The third-order valence-corrected chi connectivity index (χ3v) is 1.86. The summed E-state index contributed by atoms with van der Waals surface area (Å²) in [5.74, 6) is 0.476. The summed E-state index contributed by atoms with van der Waals surface area (Å²) in [6.45, 7) is 5.82. The zero-order valence-electron chi connectivity index (χ0n) is 7.40. The van der Waals surface area contributed by atoms with E-state index in [1.165, 1.54) is 5.56 Å². The summed E-state index contributed by atoms with van der Waals surface area (Å²) in [5, 5.41) is 0. The molecular weight excluding hydrogens is 144 g/mol. The van der Waals surface area contributed by atoms with Gasteiger partial charge < -0.3 is 0 Å². The van der Waals surface area contributed by atoms with Gasteiger partial charge in [0.1, 0.15) is 0 Å². The van der Waals surface area contributed by atoms with E-state index >= 15 is 0 Å². The summed E-state index contributed by atoms with van der Waals surface area (Å²) < 4.78 is 0. The highest BCUT2D eigenvalue weighted by molar-refractivity contribution is 5.23. The zero-order chi connectivity index (χ0) is 8.81. The molecule has 0 N–H and O–H groups in total. The first-order valence-corrected chi connectivity index (χ1v) is 4.18. The zero-order valence-corrected chi connectivity index (χ0v) is 7.40. The van der Waals surface area contributed by atoms with E-state index in [1.807, 2.05) is 12.1 Å². The molecule has 0 saturated heterocycles. The van der Waals surface area contributed by atoms with Crippen LogP contribution in [-0.2, 0) is 0 Å². The van der Waals surface area contributed by atoms with Gasteiger partial charge >= 0.3 is 0 Å². The minimum absolute atomic E-state index is 0.476. The fourth-order valence-electron chi connectivity index (χ4n) is 1.11. The largest absolute Gasteiger partial charge is 0.0991 e. The molecule has 1 aromatic carbocycles. The molecule has 0 aliphatic heterocycles. The summed E-state index contributed by atoms with van der Waals surface area (Å²) >= 11 is 0. The smallest absolute Gasteiger partial charge is 0.000732 e. The predicted molar refractivity (Wildman–Crippen MR) is 54.2 cm³/mol. The second kappa shape index (κ2) is 4.55. The fourth-order valence-corrected chi connectivity index (χ4v) is 1.11. The van der Waals surface area contributed by atoms with Gasteiger partial charge in [0.15, 0.2) is 0 Å². The first kappa shape index (κ1) is 8.79. The van der Waals surface area contributed by atoms with E-state index in [1.54, 1.807) is 6.08 Å². The summed E-state index contributed by atoms with van der Waals surface area (Å²) in [5.41, 5.74) is 1.34. The van der Waals surface area contributed by atoms with Crippen LogP contribution in [0.15, 0.2) is 55.1 Å². The number of rotatable bonds is 3. The van der Waals surface area contributed by atoms with Gasteiger partial charge in [0, 0.05) is 0 Å². The van der Waals surface area contributed by atoms with Gasteiger partial charge in [0.05, 0.1) is 0 Å². The summed E-state index contributed by atoms with van der Waals surface area (Å²) in [6, 6.07) is 10.4. The van der Waals surface area contributed by atoms with Crippen LogP contribution in [0.25, 0.3) is 0 Å². The molecule has 0 heterocycles. The van der Waals surface area contributed by atoms with Gasteiger partial charge in [-0.05, 0) is 11.5 Å². The molecule has 0 amide bonds. The monoisotopic (exact) mass is 158 g/mol. The average molecular weight is 158 g/mol. The van der Waals surface area contributed by atoms with Gasteiger partial charge in [-0.2, -0.15) is 0 Å². The minimum atomic E-state index is 0.476. The highest BCUT2D eigenvalue weighted by Gasteiger charge is 1.97. The molecule has 0 unspecified atom stereocenters. The van der Waals surface area contributed by atoms with Crippen LogP contribution < -0.4 is 0 Å². The van der Waals surface area contributed by atoms with E-state index in [0.29, 0.717) is 5.92 Å².